The Hall–Kier alpha value is -1.51. The predicted octanol–water partition coefficient (Wildman–Crippen LogP) is 3.39. The van der Waals surface area contributed by atoms with E-state index in [4.69, 9.17) is 4.74 Å². The van der Waals surface area contributed by atoms with Gasteiger partial charge in [0.1, 0.15) is 6.10 Å². The highest BCUT2D eigenvalue weighted by molar-refractivity contribution is 5.91. The second-order valence-electron chi connectivity index (χ2n) is 5.75. The molecule has 2 aliphatic rings. The Bertz CT molecular complexity index is 484. The maximum atomic E-state index is 12.2. The molecule has 0 spiro atoms. The second-order valence-corrected chi connectivity index (χ2v) is 5.75. The number of fused-ring (bicyclic) bond motifs is 1. The van der Waals surface area contributed by atoms with Crippen molar-refractivity contribution in [2.75, 3.05) is 11.9 Å². The van der Waals surface area contributed by atoms with Gasteiger partial charge in [-0.05, 0) is 49.3 Å². The second kappa shape index (κ2) is 5.24. The third kappa shape index (κ3) is 2.60. The minimum atomic E-state index is -0.171. The van der Waals surface area contributed by atoms with Crippen molar-refractivity contribution in [3.63, 3.8) is 0 Å². The van der Waals surface area contributed by atoms with Gasteiger partial charge in [-0.2, -0.15) is 0 Å². The summed E-state index contributed by atoms with van der Waals surface area (Å²) < 4.78 is 5.68. The van der Waals surface area contributed by atoms with Crippen LogP contribution in [0.4, 0.5) is 5.69 Å². The van der Waals surface area contributed by atoms with Crippen molar-refractivity contribution in [2.24, 2.45) is 5.92 Å². The summed E-state index contributed by atoms with van der Waals surface area (Å²) in [5, 5.41) is 3.30. The van der Waals surface area contributed by atoms with E-state index < -0.39 is 0 Å². The fourth-order valence-corrected chi connectivity index (χ4v) is 3.08. The van der Waals surface area contributed by atoms with Crippen LogP contribution in [0.2, 0.25) is 0 Å². The van der Waals surface area contributed by atoms with Gasteiger partial charge < -0.3 is 10.1 Å². The van der Waals surface area contributed by atoms with E-state index in [-0.39, 0.29) is 12.1 Å². The number of benzene rings is 1. The van der Waals surface area contributed by atoms with Gasteiger partial charge in [0.05, 0.1) is 5.56 Å². The lowest BCUT2D eigenvalue weighted by Crippen LogP contribution is -2.28. The summed E-state index contributed by atoms with van der Waals surface area (Å²) >= 11 is 0. The molecular weight excluding hydrogens is 238 g/mol. The normalized spacial score (nSPS) is 25.5. The van der Waals surface area contributed by atoms with Gasteiger partial charge in [0.15, 0.2) is 0 Å². The molecule has 0 bridgehead atoms. The average Bonchev–Trinajstić information content (AvgIpc) is 2.88. The van der Waals surface area contributed by atoms with Crippen molar-refractivity contribution >= 4 is 11.7 Å². The van der Waals surface area contributed by atoms with Gasteiger partial charge in [0.2, 0.25) is 0 Å². The van der Waals surface area contributed by atoms with Crippen LogP contribution in [-0.4, -0.2) is 18.6 Å². The van der Waals surface area contributed by atoms with E-state index in [0.29, 0.717) is 11.5 Å². The van der Waals surface area contributed by atoms with E-state index in [0.717, 1.165) is 25.1 Å². The number of nitrogens with one attached hydrogen (secondary N) is 1. The summed E-state index contributed by atoms with van der Waals surface area (Å²) in [6.45, 7) is 3.15. The summed E-state index contributed by atoms with van der Waals surface area (Å²) in [5.41, 5.74) is 3.06. The van der Waals surface area contributed by atoms with E-state index in [2.05, 4.69) is 12.2 Å². The molecule has 0 aromatic heterocycles. The molecule has 1 aliphatic carbocycles. The molecule has 1 heterocycles. The van der Waals surface area contributed by atoms with Crippen molar-refractivity contribution in [3.05, 3.63) is 29.3 Å². The molecule has 1 aliphatic heterocycles. The Morgan fingerprint density at radius 1 is 1.32 bits per heavy atom. The lowest BCUT2D eigenvalue weighted by atomic mass is 9.88. The molecule has 102 valence electrons. The van der Waals surface area contributed by atoms with Gasteiger partial charge in [0, 0.05) is 12.2 Å². The first-order valence-corrected chi connectivity index (χ1v) is 7.32. The molecular formula is C16H21NO2. The zero-order chi connectivity index (χ0) is 13.2. The van der Waals surface area contributed by atoms with E-state index in [1.807, 2.05) is 18.2 Å². The van der Waals surface area contributed by atoms with Crippen LogP contribution in [0.3, 0.4) is 0 Å². The topological polar surface area (TPSA) is 38.3 Å². The molecule has 0 amide bonds. The van der Waals surface area contributed by atoms with Gasteiger partial charge in [-0.1, -0.05) is 19.4 Å². The molecule has 1 aromatic carbocycles. The standard InChI is InChI=1S/C16H21NO2/c1-11-4-2-3-5-15(11)19-16(18)13-7-6-12-8-9-17-14(12)10-13/h6-7,10-11,15,17H,2-5,8-9H2,1H3. The summed E-state index contributed by atoms with van der Waals surface area (Å²) in [6.07, 6.45) is 5.76. The van der Waals surface area contributed by atoms with Crippen LogP contribution in [0.1, 0.15) is 48.5 Å². The molecule has 1 aromatic rings. The highest BCUT2D eigenvalue weighted by Crippen LogP contribution is 2.28. The van der Waals surface area contributed by atoms with Crippen LogP contribution in [0.15, 0.2) is 18.2 Å². The van der Waals surface area contributed by atoms with Crippen LogP contribution in [0.25, 0.3) is 0 Å². The van der Waals surface area contributed by atoms with Crippen LogP contribution in [-0.2, 0) is 11.2 Å². The van der Waals surface area contributed by atoms with Gasteiger partial charge in [0.25, 0.3) is 0 Å². The highest BCUT2D eigenvalue weighted by atomic mass is 16.5. The predicted molar refractivity (Wildman–Crippen MR) is 75.5 cm³/mol. The average molecular weight is 259 g/mol. The number of esters is 1. The van der Waals surface area contributed by atoms with E-state index in [9.17, 15) is 4.79 Å². The highest BCUT2D eigenvalue weighted by Gasteiger charge is 2.25. The number of carbonyl (C=O) groups excluding carboxylic acids is 1. The fraction of sp³-hybridized carbons (Fsp3) is 0.562. The van der Waals surface area contributed by atoms with Crippen molar-refractivity contribution in [3.8, 4) is 0 Å². The fourth-order valence-electron chi connectivity index (χ4n) is 3.08. The molecule has 1 fully saturated rings. The first kappa shape index (κ1) is 12.5. The molecule has 3 nitrogen and oxygen atoms in total. The Morgan fingerprint density at radius 2 is 2.16 bits per heavy atom. The molecule has 2 unspecified atom stereocenters. The number of carbonyl (C=O) groups is 1. The molecule has 0 radical (unpaired) electrons. The van der Waals surface area contributed by atoms with Crippen LogP contribution in [0, 0.1) is 5.92 Å². The molecule has 0 saturated heterocycles. The van der Waals surface area contributed by atoms with Crippen molar-refractivity contribution in [1.29, 1.82) is 0 Å². The quantitative estimate of drug-likeness (QED) is 0.827. The van der Waals surface area contributed by atoms with Crippen molar-refractivity contribution < 1.29 is 9.53 Å². The summed E-state index contributed by atoms with van der Waals surface area (Å²) in [7, 11) is 0. The van der Waals surface area contributed by atoms with E-state index in [1.165, 1.54) is 24.8 Å². The summed E-state index contributed by atoms with van der Waals surface area (Å²) in [5.74, 6) is 0.320. The number of ether oxygens (including phenoxy) is 1. The first-order valence-electron chi connectivity index (χ1n) is 7.32. The van der Waals surface area contributed by atoms with Crippen LogP contribution < -0.4 is 5.32 Å². The zero-order valence-electron chi connectivity index (χ0n) is 11.4. The van der Waals surface area contributed by atoms with Crippen molar-refractivity contribution in [2.45, 2.75) is 45.1 Å². The summed E-state index contributed by atoms with van der Waals surface area (Å²) in [4.78, 5) is 12.2. The van der Waals surface area contributed by atoms with E-state index >= 15 is 0 Å². The lowest BCUT2D eigenvalue weighted by Gasteiger charge is -2.28. The lowest BCUT2D eigenvalue weighted by molar-refractivity contribution is 0.00482. The summed E-state index contributed by atoms with van der Waals surface area (Å²) in [6, 6.07) is 5.86. The van der Waals surface area contributed by atoms with Gasteiger partial charge in [-0.3, -0.25) is 0 Å². The van der Waals surface area contributed by atoms with Crippen LogP contribution >= 0.6 is 0 Å². The molecule has 3 rings (SSSR count). The minimum absolute atomic E-state index is 0.0995. The number of hydrogen-bond acceptors (Lipinski definition) is 3. The smallest absolute Gasteiger partial charge is 0.338 e. The van der Waals surface area contributed by atoms with Crippen LogP contribution in [0.5, 0.6) is 0 Å². The number of rotatable bonds is 2. The maximum Gasteiger partial charge on any atom is 0.338 e. The largest absolute Gasteiger partial charge is 0.458 e. The SMILES string of the molecule is CC1CCCCC1OC(=O)c1ccc2c(c1)NCC2. The Balaban J connectivity index is 1.70. The number of anilines is 1. The van der Waals surface area contributed by atoms with Crippen molar-refractivity contribution in [1.82, 2.24) is 0 Å². The maximum absolute atomic E-state index is 12.2. The van der Waals surface area contributed by atoms with E-state index in [1.54, 1.807) is 0 Å². The Labute approximate surface area is 114 Å². The molecule has 2 atom stereocenters. The molecule has 19 heavy (non-hydrogen) atoms. The monoisotopic (exact) mass is 259 g/mol. The zero-order valence-corrected chi connectivity index (χ0v) is 11.4. The van der Waals surface area contributed by atoms with Gasteiger partial charge in [-0.15, -0.1) is 0 Å². The molecule has 1 N–H and O–H groups in total. The third-order valence-electron chi connectivity index (χ3n) is 4.35. The molecule has 1 saturated carbocycles. The Morgan fingerprint density at radius 3 is 3.00 bits per heavy atom. The first-order chi connectivity index (χ1) is 9.24. The number of hydrogen-bond donors (Lipinski definition) is 1. The van der Waals surface area contributed by atoms with Gasteiger partial charge in [-0.25, -0.2) is 4.79 Å². The third-order valence-corrected chi connectivity index (χ3v) is 4.35. The molecule has 3 heteroatoms. The Kier molecular flexibility index (Phi) is 3.45. The van der Waals surface area contributed by atoms with Gasteiger partial charge >= 0.3 is 5.97 Å². The minimum Gasteiger partial charge on any atom is -0.458 e.